The Morgan fingerprint density at radius 2 is 1.76 bits per heavy atom. The molecule has 3 rings (SSSR count). The quantitative estimate of drug-likeness (QED) is 0.787. The number of carbonyl (C=O) groups excluding carboxylic acids is 1. The van der Waals surface area contributed by atoms with Crippen LogP contribution >= 0.6 is 0 Å². The van der Waals surface area contributed by atoms with Crippen LogP contribution in [0.5, 0.6) is 5.75 Å². The summed E-state index contributed by atoms with van der Waals surface area (Å²) in [5.41, 5.74) is 0.167. The fourth-order valence-corrected chi connectivity index (χ4v) is 3.04. The molecule has 1 amide bonds. The molecule has 0 atom stereocenters. The SMILES string of the molecule is CC(C)Oc1ccc(C(=O)Nc2cc(C(F)(F)F)ccc2N2CCOCC2)cc1. The molecule has 0 unspecified atom stereocenters. The molecule has 0 aromatic heterocycles. The first kappa shape index (κ1) is 21.0. The summed E-state index contributed by atoms with van der Waals surface area (Å²) in [6.07, 6.45) is -4.50. The first-order chi connectivity index (χ1) is 13.7. The Labute approximate surface area is 167 Å². The lowest BCUT2D eigenvalue weighted by molar-refractivity contribution is -0.137. The maximum Gasteiger partial charge on any atom is 0.416 e. The summed E-state index contributed by atoms with van der Waals surface area (Å²) in [6, 6.07) is 9.86. The molecule has 29 heavy (non-hydrogen) atoms. The number of halogens is 3. The molecular weight excluding hydrogens is 385 g/mol. The van der Waals surface area contributed by atoms with Gasteiger partial charge in [-0.2, -0.15) is 13.2 Å². The van der Waals surface area contributed by atoms with Crippen molar-refractivity contribution in [1.82, 2.24) is 0 Å². The lowest BCUT2D eigenvalue weighted by Crippen LogP contribution is -2.36. The van der Waals surface area contributed by atoms with Gasteiger partial charge in [0.1, 0.15) is 5.75 Å². The van der Waals surface area contributed by atoms with Crippen LogP contribution in [0, 0.1) is 0 Å². The molecule has 156 valence electrons. The minimum Gasteiger partial charge on any atom is -0.491 e. The lowest BCUT2D eigenvalue weighted by atomic mass is 10.1. The standard InChI is InChI=1S/C21H23F3N2O3/c1-14(2)29-17-6-3-15(4-7-17)20(27)25-18-13-16(21(22,23)24)5-8-19(18)26-9-11-28-12-10-26/h3-8,13-14H,9-12H2,1-2H3,(H,25,27). The van der Waals surface area contributed by atoms with E-state index in [1.165, 1.54) is 6.07 Å². The second kappa shape index (κ2) is 8.73. The fraction of sp³-hybridized carbons (Fsp3) is 0.381. The van der Waals surface area contributed by atoms with E-state index in [1.807, 2.05) is 18.7 Å². The normalized spacial score (nSPS) is 14.8. The van der Waals surface area contributed by atoms with Crippen molar-refractivity contribution in [2.24, 2.45) is 0 Å². The predicted molar refractivity (Wildman–Crippen MR) is 105 cm³/mol. The van der Waals surface area contributed by atoms with E-state index in [-0.39, 0.29) is 11.8 Å². The molecule has 0 saturated carbocycles. The predicted octanol–water partition coefficient (Wildman–Crippen LogP) is 4.58. The molecule has 0 aliphatic carbocycles. The fourth-order valence-electron chi connectivity index (χ4n) is 3.04. The molecule has 1 heterocycles. The van der Waals surface area contributed by atoms with Crippen molar-refractivity contribution >= 4 is 17.3 Å². The smallest absolute Gasteiger partial charge is 0.416 e. The van der Waals surface area contributed by atoms with Gasteiger partial charge in [-0.25, -0.2) is 0 Å². The molecule has 2 aromatic carbocycles. The number of rotatable bonds is 5. The molecule has 1 aliphatic heterocycles. The Balaban J connectivity index is 1.86. The van der Waals surface area contributed by atoms with Crippen LogP contribution in [0.15, 0.2) is 42.5 Å². The molecule has 8 heteroatoms. The summed E-state index contributed by atoms with van der Waals surface area (Å²) in [6.45, 7) is 5.81. The van der Waals surface area contributed by atoms with E-state index < -0.39 is 17.6 Å². The number of morpholine rings is 1. The minimum absolute atomic E-state index is 0.00383. The zero-order chi connectivity index (χ0) is 21.0. The lowest BCUT2D eigenvalue weighted by Gasteiger charge is -2.31. The number of carbonyl (C=O) groups is 1. The topological polar surface area (TPSA) is 50.8 Å². The Hall–Kier alpha value is -2.74. The average molecular weight is 408 g/mol. The zero-order valence-corrected chi connectivity index (χ0v) is 16.3. The van der Waals surface area contributed by atoms with Crippen LogP contribution in [0.2, 0.25) is 0 Å². The van der Waals surface area contributed by atoms with Gasteiger partial charge in [-0.1, -0.05) is 0 Å². The molecule has 2 aromatic rings. The van der Waals surface area contributed by atoms with Crippen LogP contribution in [0.25, 0.3) is 0 Å². The number of hydrogen-bond acceptors (Lipinski definition) is 4. The van der Waals surface area contributed by atoms with Gasteiger partial charge in [0.25, 0.3) is 5.91 Å². The van der Waals surface area contributed by atoms with Crippen molar-refractivity contribution in [1.29, 1.82) is 0 Å². The summed E-state index contributed by atoms with van der Waals surface area (Å²) in [5, 5.41) is 2.63. The Kier molecular flexibility index (Phi) is 6.32. The second-order valence-electron chi connectivity index (χ2n) is 6.97. The molecule has 1 aliphatic rings. The van der Waals surface area contributed by atoms with E-state index in [0.29, 0.717) is 43.3 Å². The van der Waals surface area contributed by atoms with E-state index in [9.17, 15) is 18.0 Å². The number of nitrogens with one attached hydrogen (secondary N) is 1. The maximum atomic E-state index is 13.2. The maximum absolute atomic E-state index is 13.2. The van der Waals surface area contributed by atoms with Gasteiger partial charge in [-0.15, -0.1) is 0 Å². The monoisotopic (exact) mass is 408 g/mol. The van der Waals surface area contributed by atoms with Crippen molar-refractivity contribution in [3.8, 4) is 5.75 Å². The summed E-state index contributed by atoms with van der Waals surface area (Å²) >= 11 is 0. The van der Waals surface area contributed by atoms with Gasteiger partial charge in [0.2, 0.25) is 0 Å². The Morgan fingerprint density at radius 3 is 2.34 bits per heavy atom. The van der Waals surface area contributed by atoms with Crippen molar-refractivity contribution in [2.75, 3.05) is 36.5 Å². The van der Waals surface area contributed by atoms with Crippen molar-refractivity contribution < 1.29 is 27.4 Å². The molecule has 1 N–H and O–H groups in total. The number of nitrogens with zero attached hydrogens (tertiary/aromatic N) is 1. The summed E-state index contributed by atoms with van der Waals surface area (Å²) in [4.78, 5) is 14.6. The van der Waals surface area contributed by atoms with Gasteiger partial charge >= 0.3 is 6.18 Å². The number of ether oxygens (including phenoxy) is 2. The van der Waals surface area contributed by atoms with Crippen LogP contribution in [-0.2, 0) is 10.9 Å². The highest BCUT2D eigenvalue weighted by Gasteiger charge is 2.32. The van der Waals surface area contributed by atoms with Crippen LogP contribution in [0.3, 0.4) is 0 Å². The number of amides is 1. The summed E-state index contributed by atoms with van der Waals surface area (Å²) in [7, 11) is 0. The minimum atomic E-state index is -4.50. The van der Waals surface area contributed by atoms with Gasteiger partial charge < -0.3 is 19.7 Å². The molecule has 1 fully saturated rings. The van der Waals surface area contributed by atoms with Crippen molar-refractivity contribution in [3.05, 3.63) is 53.6 Å². The molecule has 1 saturated heterocycles. The number of benzene rings is 2. The van der Waals surface area contributed by atoms with Gasteiger partial charge in [0.05, 0.1) is 36.3 Å². The van der Waals surface area contributed by atoms with Gasteiger partial charge in [0, 0.05) is 18.7 Å². The molecule has 0 bridgehead atoms. The van der Waals surface area contributed by atoms with Crippen molar-refractivity contribution in [3.63, 3.8) is 0 Å². The third-order valence-electron chi connectivity index (χ3n) is 4.41. The van der Waals surface area contributed by atoms with Crippen LogP contribution in [0.4, 0.5) is 24.5 Å². The number of anilines is 2. The van der Waals surface area contributed by atoms with Crippen LogP contribution in [0.1, 0.15) is 29.8 Å². The number of hydrogen-bond donors (Lipinski definition) is 1. The summed E-state index contributed by atoms with van der Waals surface area (Å²) < 4.78 is 50.4. The third-order valence-corrected chi connectivity index (χ3v) is 4.41. The van der Waals surface area contributed by atoms with E-state index >= 15 is 0 Å². The summed E-state index contributed by atoms with van der Waals surface area (Å²) in [5.74, 6) is 0.125. The zero-order valence-electron chi connectivity index (χ0n) is 16.3. The highest BCUT2D eigenvalue weighted by Crippen LogP contribution is 2.36. The van der Waals surface area contributed by atoms with Crippen LogP contribution in [-0.4, -0.2) is 38.3 Å². The van der Waals surface area contributed by atoms with E-state index in [2.05, 4.69) is 5.32 Å². The van der Waals surface area contributed by atoms with E-state index in [1.54, 1.807) is 24.3 Å². The van der Waals surface area contributed by atoms with Crippen molar-refractivity contribution in [2.45, 2.75) is 26.1 Å². The first-order valence-electron chi connectivity index (χ1n) is 9.36. The molecule has 0 spiro atoms. The largest absolute Gasteiger partial charge is 0.491 e. The van der Waals surface area contributed by atoms with Gasteiger partial charge in [-0.05, 0) is 56.3 Å². The molecule has 0 radical (unpaired) electrons. The molecule has 5 nitrogen and oxygen atoms in total. The van der Waals surface area contributed by atoms with E-state index in [4.69, 9.17) is 9.47 Å². The molecular formula is C21H23F3N2O3. The Bertz CT molecular complexity index is 845. The van der Waals surface area contributed by atoms with Crippen LogP contribution < -0.4 is 15.0 Å². The second-order valence-corrected chi connectivity index (χ2v) is 6.97. The van der Waals surface area contributed by atoms with Gasteiger partial charge in [-0.3, -0.25) is 4.79 Å². The average Bonchev–Trinajstić information content (AvgIpc) is 2.68. The number of alkyl halides is 3. The van der Waals surface area contributed by atoms with Gasteiger partial charge in [0.15, 0.2) is 0 Å². The van der Waals surface area contributed by atoms with E-state index in [0.717, 1.165) is 12.1 Å². The first-order valence-corrected chi connectivity index (χ1v) is 9.36. The Morgan fingerprint density at radius 1 is 1.10 bits per heavy atom. The highest BCUT2D eigenvalue weighted by atomic mass is 19.4. The third kappa shape index (κ3) is 5.41. The highest BCUT2D eigenvalue weighted by molar-refractivity contribution is 6.06.